The molecular formula is C20H26N4O4. The van der Waals surface area contributed by atoms with Crippen LogP contribution in [0.1, 0.15) is 10.5 Å². The maximum Gasteiger partial charge on any atom is 0.269 e. The van der Waals surface area contributed by atoms with Gasteiger partial charge < -0.3 is 24.8 Å². The van der Waals surface area contributed by atoms with Crippen molar-refractivity contribution in [2.75, 3.05) is 58.9 Å². The molecule has 2 heterocycles. The molecule has 1 aliphatic heterocycles. The number of carbonyl (C=O) groups is 1. The zero-order chi connectivity index (χ0) is 19.8. The van der Waals surface area contributed by atoms with Crippen LogP contribution in [0.15, 0.2) is 36.5 Å². The van der Waals surface area contributed by atoms with E-state index in [4.69, 9.17) is 14.2 Å². The molecule has 0 spiro atoms. The molecule has 0 radical (unpaired) electrons. The minimum Gasteiger partial charge on any atom is -0.497 e. The van der Waals surface area contributed by atoms with Crippen LogP contribution in [0, 0.1) is 0 Å². The molecule has 0 atom stereocenters. The summed E-state index contributed by atoms with van der Waals surface area (Å²) in [5.41, 5.74) is 1.88. The summed E-state index contributed by atoms with van der Waals surface area (Å²) in [6.45, 7) is 4.71. The highest BCUT2D eigenvalue weighted by Crippen LogP contribution is 2.31. The van der Waals surface area contributed by atoms with Crippen molar-refractivity contribution in [2.45, 2.75) is 0 Å². The number of ether oxygens (including phenoxy) is 3. The minimum absolute atomic E-state index is 0.182. The number of methoxy groups -OCH3 is 2. The van der Waals surface area contributed by atoms with Crippen LogP contribution in [0.4, 0.5) is 11.4 Å². The number of rotatable bonds is 8. The van der Waals surface area contributed by atoms with Gasteiger partial charge in [0.15, 0.2) is 0 Å². The van der Waals surface area contributed by atoms with Gasteiger partial charge in [0.2, 0.25) is 0 Å². The van der Waals surface area contributed by atoms with E-state index in [0.29, 0.717) is 23.7 Å². The van der Waals surface area contributed by atoms with E-state index in [1.165, 1.54) is 0 Å². The Bertz CT molecular complexity index is 776. The van der Waals surface area contributed by atoms with E-state index in [-0.39, 0.29) is 5.91 Å². The second-order valence-electron chi connectivity index (χ2n) is 6.33. The van der Waals surface area contributed by atoms with E-state index < -0.39 is 0 Å². The van der Waals surface area contributed by atoms with E-state index in [1.54, 1.807) is 26.5 Å². The highest BCUT2D eigenvalue weighted by Gasteiger charge is 2.12. The number of nitrogens with zero attached hydrogens (tertiary/aromatic N) is 2. The summed E-state index contributed by atoms with van der Waals surface area (Å²) >= 11 is 0. The molecule has 0 saturated carbocycles. The molecular weight excluding hydrogens is 360 g/mol. The largest absolute Gasteiger partial charge is 0.497 e. The van der Waals surface area contributed by atoms with Crippen molar-refractivity contribution < 1.29 is 19.0 Å². The smallest absolute Gasteiger partial charge is 0.269 e. The molecule has 0 bridgehead atoms. The van der Waals surface area contributed by atoms with Crippen LogP contribution in [0.25, 0.3) is 0 Å². The van der Waals surface area contributed by atoms with Crippen LogP contribution in [0.3, 0.4) is 0 Å². The lowest BCUT2D eigenvalue weighted by molar-refractivity contribution is 0.0383. The number of amides is 1. The van der Waals surface area contributed by atoms with Gasteiger partial charge >= 0.3 is 0 Å². The second kappa shape index (κ2) is 9.91. The summed E-state index contributed by atoms with van der Waals surface area (Å²) in [5.74, 6) is 1.22. The zero-order valence-electron chi connectivity index (χ0n) is 16.2. The Morgan fingerprint density at radius 2 is 2.00 bits per heavy atom. The lowest BCUT2D eigenvalue weighted by atomic mass is 10.2. The molecule has 8 heteroatoms. The van der Waals surface area contributed by atoms with E-state index in [0.717, 1.165) is 44.2 Å². The SMILES string of the molecule is COc1ccc(OC)c(Nc2ccc(C(=O)NCCN3CCOCC3)nc2)c1. The maximum absolute atomic E-state index is 12.3. The van der Waals surface area contributed by atoms with Gasteiger partial charge in [-0.3, -0.25) is 9.69 Å². The highest BCUT2D eigenvalue weighted by atomic mass is 16.5. The normalized spacial score (nSPS) is 14.4. The Kier molecular flexibility index (Phi) is 7.05. The minimum atomic E-state index is -0.182. The fraction of sp³-hybridized carbons (Fsp3) is 0.400. The number of hydrogen-bond donors (Lipinski definition) is 2. The molecule has 1 saturated heterocycles. The lowest BCUT2D eigenvalue weighted by Crippen LogP contribution is -2.41. The Hall–Kier alpha value is -2.84. The number of hydrogen-bond acceptors (Lipinski definition) is 7. The van der Waals surface area contributed by atoms with Gasteiger partial charge in [0, 0.05) is 32.2 Å². The van der Waals surface area contributed by atoms with Crippen LogP contribution in [0.2, 0.25) is 0 Å². The van der Waals surface area contributed by atoms with E-state index in [2.05, 4.69) is 20.5 Å². The first kappa shape index (κ1) is 19.9. The molecule has 2 aromatic rings. The van der Waals surface area contributed by atoms with Gasteiger partial charge in [-0.1, -0.05) is 0 Å². The fourth-order valence-corrected chi connectivity index (χ4v) is 2.91. The Morgan fingerprint density at radius 1 is 1.18 bits per heavy atom. The van der Waals surface area contributed by atoms with Crippen molar-refractivity contribution in [1.29, 1.82) is 0 Å². The standard InChI is InChI=1S/C20H26N4O4/c1-26-16-4-6-19(27-2)18(13-16)23-15-3-5-17(22-14-15)20(25)21-7-8-24-9-11-28-12-10-24/h3-6,13-14,23H,7-12H2,1-2H3,(H,21,25). The monoisotopic (exact) mass is 386 g/mol. The van der Waals surface area contributed by atoms with E-state index >= 15 is 0 Å². The predicted molar refractivity (Wildman–Crippen MR) is 107 cm³/mol. The molecule has 28 heavy (non-hydrogen) atoms. The van der Waals surface area contributed by atoms with Gasteiger partial charge in [-0.2, -0.15) is 0 Å². The average molecular weight is 386 g/mol. The molecule has 0 unspecified atom stereocenters. The summed E-state index contributed by atoms with van der Waals surface area (Å²) in [6.07, 6.45) is 1.62. The molecule has 1 fully saturated rings. The quantitative estimate of drug-likeness (QED) is 0.717. The van der Waals surface area contributed by atoms with Crippen molar-refractivity contribution in [3.63, 3.8) is 0 Å². The van der Waals surface area contributed by atoms with Crippen LogP contribution in [-0.4, -0.2) is 69.4 Å². The molecule has 1 aromatic carbocycles. The average Bonchev–Trinajstić information content (AvgIpc) is 2.75. The summed E-state index contributed by atoms with van der Waals surface area (Å²) in [7, 11) is 3.22. The van der Waals surface area contributed by atoms with Gasteiger partial charge in [0.25, 0.3) is 5.91 Å². The third-order valence-electron chi connectivity index (χ3n) is 4.50. The van der Waals surface area contributed by atoms with Crippen molar-refractivity contribution in [3.05, 3.63) is 42.2 Å². The van der Waals surface area contributed by atoms with Crippen molar-refractivity contribution in [2.24, 2.45) is 0 Å². The van der Waals surface area contributed by atoms with Crippen molar-refractivity contribution in [3.8, 4) is 11.5 Å². The van der Waals surface area contributed by atoms with E-state index in [1.807, 2.05) is 24.3 Å². The van der Waals surface area contributed by atoms with Crippen LogP contribution >= 0.6 is 0 Å². The third-order valence-corrected chi connectivity index (χ3v) is 4.50. The summed E-state index contributed by atoms with van der Waals surface area (Å²) in [5, 5.41) is 6.14. The highest BCUT2D eigenvalue weighted by molar-refractivity contribution is 5.92. The zero-order valence-corrected chi connectivity index (χ0v) is 16.2. The Balaban J connectivity index is 1.55. The molecule has 0 aliphatic carbocycles. The molecule has 3 rings (SSSR count). The van der Waals surface area contributed by atoms with Crippen LogP contribution < -0.4 is 20.1 Å². The first-order chi connectivity index (χ1) is 13.7. The molecule has 1 aromatic heterocycles. The second-order valence-corrected chi connectivity index (χ2v) is 6.33. The lowest BCUT2D eigenvalue weighted by Gasteiger charge is -2.26. The number of aromatic nitrogens is 1. The van der Waals surface area contributed by atoms with Gasteiger partial charge in [0.1, 0.15) is 17.2 Å². The summed E-state index contributed by atoms with van der Waals surface area (Å²) in [6, 6.07) is 8.99. The van der Waals surface area contributed by atoms with Crippen molar-refractivity contribution in [1.82, 2.24) is 15.2 Å². The van der Waals surface area contributed by atoms with E-state index in [9.17, 15) is 4.79 Å². The Labute approximate surface area is 164 Å². The number of pyridine rings is 1. The molecule has 1 amide bonds. The Morgan fingerprint density at radius 3 is 2.68 bits per heavy atom. The molecule has 1 aliphatic rings. The number of benzene rings is 1. The van der Waals surface area contributed by atoms with Gasteiger partial charge in [-0.25, -0.2) is 4.98 Å². The third kappa shape index (κ3) is 5.34. The van der Waals surface area contributed by atoms with Crippen LogP contribution in [-0.2, 0) is 4.74 Å². The first-order valence-electron chi connectivity index (χ1n) is 9.23. The number of carbonyl (C=O) groups excluding carboxylic acids is 1. The fourth-order valence-electron chi connectivity index (χ4n) is 2.91. The number of anilines is 2. The first-order valence-corrected chi connectivity index (χ1v) is 9.23. The molecule has 2 N–H and O–H groups in total. The predicted octanol–water partition coefficient (Wildman–Crippen LogP) is 1.90. The topological polar surface area (TPSA) is 85.0 Å². The summed E-state index contributed by atoms with van der Waals surface area (Å²) < 4.78 is 15.9. The maximum atomic E-state index is 12.3. The van der Waals surface area contributed by atoms with Crippen LogP contribution in [0.5, 0.6) is 11.5 Å². The molecule has 150 valence electrons. The number of morpholine rings is 1. The summed E-state index contributed by atoms with van der Waals surface area (Å²) in [4.78, 5) is 18.8. The van der Waals surface area contributed by atoms with Gasteiger partial charge in [0.05, 0.1) is 45.0 Å². The van der Waals surface area contributed by atoms with Crippen molar-refractivity contribution >= 4 is 17.3 Å². The molecule has 8 nitrogen and oxygen atoms in total. The number of nitrogens with one attached hydrogen (secondary N) is 2. The van der Waals surface area contributed by atoms with Gasteiger partial charge in [-0.05, 0) is 24.3 Å². The van der Waals surface area contributed by atoms with Gasteiger partial charge in [-0.15, -0.1) is 0 Å².